The van der Waals surface area contributed by atoms with Crippen molar-refractivity contribution in [3.8, 4) is 22.5 Å². The molecule has 27 nitrogen and oxygen atoms in total. The van der Waals surface area contributed by atoms with Crippen molar-refractivity contribution in [2.45, 2.75) is 69.2 Å². The van der Waals surface area contributed by atoms with Gasteiger partial charge in [-0.2, -0.15) is 15.3 Å². The topological polar surface area (TPSA) is 307 Å². The van der Waals surface area contributed by atoms with Crippen LogP contribution in [0.1, 0.15) is 55.4 Å². The summed E-state index contributed by atoms with van der Waals surface area (Å²) in [5.41, 5.74) is 6.56. The van der Waals surface area contributed by atoms with Crippen molar-refractivity contribution < 1.29 is 27.5 Å². The smallest absolute Gasteiger partial charge is 0.329 e. The summed E-state index contributed by atoms with van der Waals surface area (Å²) in [5.74, 6) is 3.71. The Bertz CT molecular complexity index is 4690. The molecule has 0 aliphatic carbocycles. The largest absolute Gasteiger partial charge is 0.414 e. The highest BCUT2D eigenvalue weighted by atomic mass is 35.5. The van der Waals surface area contributed by atoms with Crippen LogP contribution in [0.4, 0.5) is 44.9 Å². The number of carbonyl (C=O) groups excluding carboxylic acids is 2. The van der Waals surface area contributed by atoms with Gasteiger partial charge in [0.1, 0.15) is 27.8 Å². The average Bonchev–Trinajstić information content (AvgIpc) is 1.63. The molecule has 498 valence electrons. The summed E-state index contributed by atoms with van der Waals surface area (Å²) < 4.78 is 36.6. The summed E-state index contributed by atoms with van der Waals surface area (Å²) in [4.78, 5) is 63.2. The molecule has 2 aromatic carbocycles. The van der Waals surface area contributed by atoms with Gasteiger partial charge in [0.25, 0.3) is 0 Å². The quantitative estimate of drug-likeness (QED) is 0.0374. The number of hydrogen-bond acceptors (Lipinski definition) is 20. The molecule has 0 unspecified atom stereocenters. The van der Waals surface area contributed by atoms with Gasteiger partial charge in [0.15, 0.2) is 8.32 Å². The number of carbonyl (C=O) groups is 2. The molecular formula is C63H67Cl4N21O6SSi. The summed E-state index contributed by atoms with van der Waals surface area (Å²) in [6.45, 7) is 12.1. The molecule has 2 atom stereocenters. The van der Waals surface area contributed by atoms with Crippen molar-refractivity contribution >= 4 is 112 Å². The van der Waals surface area contributed by atoms with Crippen molar-refractivity contribution in [1.29, 1.82) is 0 Å². The first-order valence-electron chi connectivity index (χ1n) is 29.6. The van der Waals surface area contributed by atoms with Crippen molar-refractivity contribution in [1.82, 2.24) is 88.1 Å². The van der Waals surface area contributed by atoms with Crippen molar-refractivity contribution in [3.63, 3.8) is 0 Å². The third-order valence-corrected chi connectivity index (χ3v) is 22.1. The van der Waals surface area contributed by atoms with E-state index in [1.54, 1.807) is 95.7 Å². The Morgan fingerprint density at radius 1 is 0.562 bits per heavy atom. The highest BCUT2D eigenvalue weighted by Crippen LogP contribution is 2.40. The normalized spacial score (nSPS) is 13.4. The molecule has 2 aliphatic heterocycles. The van der Waals surface area contributed by atoms with Gasteiger partial charge in [0, 0.05) is 115 Å². The summed E-state index contributed by atoms with van der Waals surface area (Å²) in [5, 5.41) is 33.1. The molecule has 0 bridgehead atoms. The Kier molecular flexibility index (Phi) is 21.4. The molecule has 0 fully saturated rings. The standard InChI is InChI=1S/C28H34ClN7O2Si.C22H20ClN7O2.C8H8ClN5.C5H5ClN2O2S/c1-28(2,3)39(5,6)38-18-24(19-8-7-9-21(29)14-19)36-17-22-15-20(16-35(22)27(36)37)23-10-12-30-26(32-23)33-25-11-13-31-34(25)4;1-28-20(6-8-25-28)27-21-24-7-5-18(26-21)15-10-17-12-30(22(32)29(17)11-15)19(13-31)14-3-2-4-16(23)9-14;1-14-7(3-5-11-14)13-8-10-4-2-6(9)12-8;1-11(9,10)5-7-3-2-4(6)8-5/h7-16,24H,17-18H2,1-6H3,(H,30,32,33);2-11,19,31H,12-13H2,1H3,(H,24,26,27);2-5H,1H3,(H,10,12,13);2-3H,1H3/t24-;19-;;/m11../s1. The first-order chi connectivity index (χ1) is 45.7. The lowest BCUT2D eigenvalue weighted by Crippen LogP contribution is -2.44. The maximum absolute atomic E-state index is 13.7. The molecule has 13 rings (SSSR count). The zero-order valence-electron chi connectivity index (χ0n) is 53.5. The number of aliphatic hydroxyl groups is 1. The first-order valence-corrected chi connectivity index (χ1v) is 35.9. The molecule has 0 spiro atoms. The Balaban J connectivity index is 0.000000156. The zero-order chi connectivity index (χ0) is 68.6. The van der Waals surface area contributed by atoms with Gasteiger partial charge in [0.2, 0.25) is 32.8 Å². The van der Waals surface area contributed by atoms with E-state index in [0.717, 1.165) is 63.0 Å². The Morgan fingerprint density at radius 3 is 1.35 bits per heavy atom. The monoisotopic (exact) mass is 1410 g/mol. The number of amides is 2. The number of hydrogen-bond donors (Lipinski definition) is 4. The second kappa shape index (κ2) is 29.7. The number of sulfone groups is 1. The van der Waals surface area contributed by atoms with Gasteiger partial charge in [-0.15, -0.1) is 0 Å². The van der Waals surface area contributed by atoms with E-state index in [0.29, 0.717) is 58.4 Å². The van der Waals surface area contributed by atoms with Gasteiger partial charge in [-0.05, 0) is 89.9 Å². The summed E-state index contributed by atoms with van der Waals surface area (Å²) in [6, 6.07) is 30.0. The van der Waals surface area contributed by atoms with Crippen LogP contribution in [-0.2, 0) is 48.5 Å². The van der Waals surface area contributed by atoms with Crippen LogP contribution in [0.3, 0.4) is 0 Å². The third-order valence-electron chi connectivity index (χ3n) is 15.8. The van der Waals surface area contributed by atoms with Crippen LogP contribution in [0.2, 0.25) is 38.5 Å². The number of halogens is 4. The molecule has 96 heavy (non-hydrogen) atoms. The van der Waals surface area contributed by atoms with E-state index in [2.05, 4.69) is 105 Å². The fourth-order valence-electron chi connectivity index (χ4n) is 9.71. The summed E-state index contributed by atoms with van der Waals surface area (Å²) in [6.07, 6.45) is 16.0. The summed E-state index contributed by atoms with van der Waals surface area (Å²) in [7, 11) is 0.122. The zero-order valence-corrected chi connectivity index (χ0v) is 58.3. The molecule has 11 heterocycles. The fraction of sp³-hybridized carbons (Fsp3) is 0.254. The predicted molar refractivity (Wildman–Crippen MR) is 369 cm³/mol. The van der Waals surface area contributed by atoms with Crippen LogP contribution in [0.15, 0.2) is 164 Å². The number of benzene rings is 2. The highest BCUT2D eigenvalue weighted by Gasteiger charge is 2.41. The van der Waals surface area contributed by atoms with E-state index in [1.165, 1.54) is 12.3 Å². The number of nitrogens with one attached hydrogen (secondary N) is 3. The van der Waals surface area contributed by atoms with E-state index in [1.807, 2.05) is 105 Å². The number of rotatable bonds is 17. The Hall–Kier alpha value is -9.46. The van der Waals surface area contributed by atoms with Crippen LogP contribution in [0.5, 0.6) is 0 Å². The van der Waals surface area contributed by atoms with Crippen molar-refractivity contribution in [2.75, 3.05) is 35.4 Å². The Labute approximate surface area is 574 Å². The van der Waals surface area contributed by atoms with E-state index in [9.17, 15) is 23.1 Å². The van der Waals surface area contributed by atoms with Crippen molar-refractivity contribution in [2.24, 2.45) is 21.1 Å². The number of aryl methyl sites for hydroxylation is 3. The maximum Gasteiger partial charge on any atom is 0.329 e. The van der Waals surface area contributed by atoms with Gasteiger partial charge in [-0.1, -0.05) is 91.4 Å². The number of anilines is 6. The minimum Gasteiger partial charge on any atom is -0.414 e. The molecule has 11 aromatic rings. The molecule has 0 saturated heterocycles. The van der Waals surface area contributed by atoms with Gasteiger partial charge >= 0.3 is 12.1 Å². The first kappa shape index (κ1) is 69.4. The second-order valence-corrected chi connectivity index (χ2v) is 31.8. The maximum atomic E-state index is 13.7. The van der Waals surface area contributed by atoms with Crippen LogP contribution in [0.25, 0.3) is 22.5 Å². The average molecular weight is 1420 g/mol. The number of nitrogens with zero attached hydrogens (tertiary/aromatic N) is 18. The van der Waals surface area contributed by atoms with Gasteiger partial charge in [-0.25, -0.2) is 57.9 Å². The minimum absolute atomic E-state index is 0.0586. The van der Waals surface area contributed by atoms with Crippen LogP contribution in [0, 0.1) is 0 Å². The molecule has 0 radical (unpaired) electrons. The molecule has 0 saturated carbocycles. The number of aromatic nitrogens is 16. The molecule has 9 aromatic heterocycles. The highest BCUT2D eigenvalue weighted by molar-refractivity contribution is 7.90. The van der Waals surface area contributed by atoms with E-state index >= 15 is 0 Å². The molecule has 2 aliphatic rings. The number of aliphatic hydroxyl groups excluding tert-OH is 1. The van der Waals surface area contributed by atoms with Gasteiger partial charge in [-0.3, -0.25) is 23.2 Å². The van der Waals surface area contributed by atoms with Crippen LogP contribution in [-0.4, -0.2) is 142 Å². The third kappa shape index (κ3) is 16.8. The minimum atomic E-state index is -3.33. The fourth-order valence-corrected chi connectivity index (χ4v) is 12.0. The Morgan fingerprint density at radius 2 is 0.979 bits per heavy atom. The summed E-state index contributed by atoms with van der Waals surface area (Å²) >= 11 is 23.6. The lowest BCUT2D eigenvalue weighted by Gasteiger charge is -2.38. The molecule has 2 amide bonds. The van der Waals surface area contributed by atoms with Gasteiger partial charge in [0.05, 0.1) is 68.4 Å². The van der Waals surface area contributed by atoms with Crippen molar-refractivity contribution in [3.05, 3.63) is 202 Å². The van der Waals surface area contributed by atoms with E-state index in [-0.39, 0.29) is 40.1 Å². The SMILES string of the molecule is CS(=O)(=O)c1nccc(Cl)n1.Cn1nccc1Nc1nccc(-c2cc3n(c2)C(=O)N([C@H](CO)c2cccc(Cl)c2)C3)n1.Cn1nccc1Nc1nccc(-c2cc3n(c2)C(=O)N([C@H](CO[Si](C)(C)C(C)(C)C)c2cccc(Cl)c2)C3)n1.Cn1nccc1Nc1nccc(Cl)n1. The number of fused-ring (bicyclic) bond motifs is 2. The lowest BCUT2D eigenvalue weighted by molar-refractivity contribution is 0.141. The molecule has 33 heteroatoms. The van der Waals surface area contributed by atoms with E-state index in [4.69, 9.17) is 50.8 Å². The predicted octanol–water partition coefficient (Wildman–Crippen LogP) is 12.4. The second-order valence-electron chi connectivity index (χ2n) is 23.5. The van der Waals surface area contributed by atoms with Crippen LogP contribution >= 0.6 is 46.4 Å². The molecular weight excluding hydrogens is 1350 g/mol. The van der Waals surface area contributed by atoms with Crippen LogP contribution < -0.4 is 16.0 Å². The molecule has 4 N–H and O–H groups in total. The van der Waals surface area contributed by atoms with E-state index < -0.39 is 24.2 Å². The van der Waals surface area contributed by atoms with Gasteiger partial charge < -0.3 is 35.3 Å². The lowest BCUT2D eigenvalue weighted by atomic mass is 10.1.